The van der Waals surface area contributed by atoms with Crippen LogP contribution < -0.4 is 20.0 Å². The average Bonchev–Trinajstić information content (AvgIpc) is 2.67. The van der Waals surface area contributed by atoms with Crippen LogP contribution in [0.3, 0.4) is 0 Å². The van der Waals surface area contributed by atoms with Gasteiger partial charge >= 0.3 is 7.52 Å². The molecule has 2 unspecified atom stereocenters. The maximum Gasteiger partial charge on any atom is 0.313 e. The van der Waals surface area contributed by atoms with Crippen LogP contribution in [0, 0.1) is 0 Å². The second kappa shape index (κ2) is 6.46. The van der Waals surface area contributed by atoms with Gasteiger partial charge in [-0.3, -0.25) is 4.57 Å². The molecule has 6 nitrogen and oxygen atoms in total. The third kappa shape index (κ3) is 2.85. The van der Waals surface area contributed by atoms with E-state index in [1.807, 2.05) is 47.5 Å². The SMILES string of the molecule is COc1cc2c(cc1OC)C1COP(=O)(c3ccccc3)NN1CC2. The zero-order valence-electron chi connectivity index (χ0n) is 14.3. The van der Waals surface area contributed by atoms with Gasteiger partial charge in [-0.05, 0) is 41.8 Å². The Morgan fingerprint density at radius 1 is 1.16 bits per heavy atom. The van der Waals surface area contributed by atoms with Gasteiger partial charge in [-0.25, -0.2) is 5.01 Å². The van der Waals surface area contributed by atoms with Crippen LogP contribution in [-0.2, 0) is 15.5 Å². The maximum absolute atomic E-state index is 13.2. The number of methoxy groups -OCH3 is 2. The standard InChI is InChI=1S/C18H21N2O4P/c1-22-17-10-13-8-9-20-16(15(13)11-18(17)23-2)12-24-25(21,19-20)14-6-4-3-5-7-14/h3-7,10-11,16H,8-9,12H2,1-2H3,(H,19,21). The Kier molecular flexibility index (Phi) is 4.29. The fourth-order valence-corrected chi connectivity index (χ4v) is 5.27. The minimum Gasteiger partial charge on any atom is -0.493 e. The lowest BCUT2D eigenvalue weighted by molar-refractivity contribution is 0.0654. The van der Waals surface area contributed by atoms with E-state index in [9.17, 15) is 4.57 Å². The summed E-state index contributed by atoms with van der Waals surface area (Å²) in [7, 11) is 0.188. The Labute approximate surface area is 147 Å². The molecule has 0 radical (unpaired) electrons. The highest BCUT2D eigenvalue weighted by atomic mass is 31.2. The normalized spacial score (nSPS) is 25.8. The van der Waals surface area contributed by atoms with Gasteiger partial charge in [0.05, 0.1) is 32.2 Å². The van der Waals surface area contributed by atoms with E-state index in [0.29, 0.717) is 17.7 Å². The smallest absolute Gasteiger partial charge is 0.313 e. The summed E-state index contributed by atoms with van der Waals surface area (Å²) in [6.45, 7) is 1.12. The summed E-state index contributed by atoms with van der Waals surface area (Å²) in [6.07, 6.45) is 0.841. The molecule has 0 aromatic heterocycles. The fourth-order valence-electron chi connectivity index (χ4n) is 3.46. The minimum absolute atomic E-state index is 0.00524. The van der Waals surface area contributed by atoms with E-state index in [0.717, 1.165) is 24.3 Å². The number of ether oxygens (including phenoxy) is 2. The molecule has 2 aliphatic rings. The third-order valence-corrected chi connectivity index (χ3v) is 6.78. The fraction of sp³-hybridized carbons (Fsp3) is 0.333. The van der Waals surface area contributed by atoms with E-state index < -0.39 is 7.52 Å². The lowest BCUT2D eigenvalue weighted by atomic mass is 9.93. The molecule has 2 aromatic rings. The average molecular weight is 360 g/mol. The van der Waals surface area contributed by atoms with Gasteiger partial charge in [-0.15, -0.1) is 0 Å². The van der Waals surface area contributed by atoms with Crippen molar-refractivity contribution in [3.63, 3.8) is 0 Å². The molecule has 2 heterocycles. The molecular weight excluding hydrogens is 339 g/mol. The van der Waals surface area contributed by atoms with Crippen molar-refractivity contribution < 1.29 is 18.6 Å². The first kappa shape index (κ1) is 16.6. The van der Waals surface area contributed by atoms with Gasteiger partial charge in [-0.1, -0.05) is 18.2 Å². The molecule has 1 N–H and O–H groups in total. The molecule has 7 heteroatoms. The molecule has 1 saturated heterocycles. The number of hydrogen-bond donors (Lipinski definition) is 1. The van der Waals surface area contributed by atoms with Crippen molar-refractivity contribution in [2.45, 2.75) is 12.5 Å². The predicted octanol–water partition coefficient (Wildman–Crippen LogP) is 2.66. The Morgan fingerprint density at radius 2 is 1.88 bits per heavy atom. The van der Waals surface area contributed by atoms with E-state index in [4.69, 9.17) is 14.0 Å². The van der Waals surface area contributed by atoms with Gasteiger partial charge < -0.3 is 14.0 Å². The van der Waals surface area contributed by atoms with Gasteiger partial charge in [0.25, 0.3) is 0 Å². The Balaban J connectivity index is 1.65. The van der Waals surface area contributed by atoms with E-state index >= 15 is 0 Å². The molecule has 0 amide bonds. The molecule has 0 spiro atoms. The first-order valence-electron chi connectivity index (χ1n) is 8.24. The van der Waals surface area contributed by atoms with Crippen molar-refractivity contribution in [2.24, 2.45) is 0 Å². The summed E-state index contributed by atoms with van der Waals surface area (Å²) < 4.78 is 29.9. The number of hydrazine groups is 1. The number of hydrogen-bond acceptors (Lipinski definition) is 5. The van der Waals surface area contributed by atoms with Crippen molar-refractivity contribution in [2.75, 3.05) is 27.4 Å². The van der Waals surface area contributed by atoms with Crippen LogP contribution in [0.2, 0.25) is 0 Å². The summed E-state index contributed by atoms with van der Waals surface area (Å²) in [5.41, 5.74) is 2.33. The lowest BCUT2D eigenvalue weighted by Crippen LogP contribution is -2.50. The summed E-state index contributed by atoms with van der Waals surface area (Å²) in [5, 5.41) is 5.87. The quantitative estimate of drug-likeness (QED) is 0.850. The van der Waals surface area contributed by atoms with Crippen LogP contribution in [0.4, 0.5) is 0 Å². The summed E-state index contributed by atoms with van der Waals surface area (Å²) >= 11 is 0. The van der Waals surface area contributed by atoms with Crippen molar-refractivity contribution in [3.05, 3.63) is 53.6 Å². The first-order chi connectivity index (χ1) is 12.1. The van der Waals surface area contributed by atoms with Gasteiger partial charge in [-0.2, -0.15) is 5.20 Å². The zero-order chi connectivity index (χ0) is 17.4. The van der Waals surface area contributed by atoms with Gasteiger partial charge in [0.1, 0.15) is 0 Å². The highest BCUT2D eigenvalue weighted by Gasteiger charge is 2.40. The van der Waals surface area contributed by atoms with Crippen LogP contribution in [-0.4, -0.2) is 32.4 Å². The van der Waals surface area contributed by atoms with Gasteiger partial charge in [0.15, 0.2) is 11.5 Å². The van der Waals surface area contributed by atoms with Crippen molar-refractivity contribution >= 4 is 12.8 Å². The number of rotatable bonds is 3. The van der Waals surface area contributed by atoms with Crippen molar-refractivity contribution in [1.29, 1.82) is 0 Å². The Morgan fingerprint density at radius 3 is 2.60 bits per heavy atom. The largest absolute Gasteiger partial charge is 0.493 e. The van der Waals surface area contributed by atoms with Crippen LogP contribution in [0.5, 0.6) is 11.5 Å². The van der Waals surface area contributed by atoms with E-state index in [1.165, 1.54) is 5.56 Å². The molecule has 0 saturated carbocycles. The minimum atomic E-state index is -3.08. The lowest BCUT2D eigenvalue weighted by Gasteiger charge is -2.43. The van der Waals surface area contributed by atoms with Gasteiger partial charge in [0.2, 0.25) is 0 Å². The zero-order valence-corrected chi connectivity index (χ0v) is 15.2. The van der Waals surface area contributed by atoms with Crippen LogP contribution in [0.25, 0.3) is 0 Å². The topological polar surface area (TPSA) is 60.0 Å². The second-order valence-electron chi connectivity index (χ2n) is 6.15. The highest BCUT2D eigenvalue weighted by Crippen LogP contribution is 2.49. The number of nitrogens with zero attached hydrogens (tertiary/aromatic N) is 1. The van der Waals surface area contributed by atoms with Crippen molar-refractivity contribution in [1.82, 2.24) is 10.2 Å². The summed E-state index contributed by atoms with van der Waals surface area (Å²) in [6, 6.07) is 13.3. The van der Waals surface area contributed by atoms with Crippen LogP contribution >= 0.6 is 7.52 Å². The predicted molar refractivity (Wildman–Crippen MR) is 95.5 cm³/mol. The maximum atomic E-state index is 13.2. The Hall–Kier alpha value is -1.85. The Bertz CT molecular complexity index is 827. The molecule has 2 atom stereocenters. The monoisotopic (exact) mass is 360 g/mol. The molecule has 4 rings (SSSR count). The van der Waals surface area contributed by atoms with Crippen LogP contribution in [0.1, 0.15) is 17.2 Å². The molecule has 0 bridgehead atoms. The van der Waals surface area contributed by atoms with Crippen molar-refractivity contribution in [3.8, 4) is 11.5 Å². The summed E-state index contributed by atoms with van der Waals surface area (Å²) in [4.78, 5) is 0. The molecule has 1 fully saturated rings. The second-order valence-corrected chi connectivity index (χ2v) is 8.23. The molecule has 132 valence electrons. The number of nitrogens with one attached hydrogen (secondary N) is 1. The van der Waals surface area contributed by atoms with Gasteiger partial charge in [0, 0.05) is 6.54 Å². The van der Waals surface area contributed by atoms with E-state index in [1.54, 1.807) is 14.2 Å². The van der Waals surface area contributed by atoms with E-state index in [2.05, 4.69) is 5.20 Å². The van der Waals surface area contributed by atoms with Crippen LogP contribution in [0.15, 0.2) is 42.5 Å². The molecule has 0 aliphatic carbocycles. The highest BCUT2D eigenvalue weighted by molar-refractivity contribution is 7.65. The number of benzene rings is 2. The summed E-state index contributed by atoms with van der Waals surface area (Å²) in [5.74, 6) is 1.43. The van der Waals surface area contributed by atoms with E-state index in [-0.39, 0.29) is 6.04 Å². The molecule has 2 aromatic carbocycles. The molecule has 25 heavy (non-hydrogen) atoms. The first-order valence-corrected chi connectivity index (χ1v) is 9.86. The third-order valence-electron chi connectivity index (χ3n) is 4.77. The molecule has 2 aliphatic heterocycles. The molecular formula is C18H21N2O4P. The number of fused-ring (bicyclic) bond motifs is 3.